The molecule has 1 aromatic rings. The number of nitrogens with one attached hydrogen (secondary N) is 1. The van der Waals surface area contributed by atoms with Gasteiger partial charge in [-0.1, -0.05) is 31.9 Å². The number of rotatable bonds is 6. The number of unbranched alkanes of at least 4 members (excludes halogenated alkanes) is 2. The fourth-order valence-corrected chi connectivity index (χ4v) is 1.61. The molecular weight excluding hydrogens is 186 g/mol. The lowest BCUT2D eigenvalue weighted by Gasteiger charge is -2.14. The molecule has 0 aromatic heterocycles. The zero-order valence-electron chi connectivity index (χ0n) is 9.66. The maximum Gasteiger partial charge on any atom is 0.115 e. The molecule has 1 aromatic carbocycles. The van der Waals surface area contributed by atoms with Gasteiger partial charge >= 0.3 is 0 Å². The zero-order chi connectivity index (χ0) is 11.1. The van der Waals surface area contributed by atoms with Gasteiger partial charge < -0.3 is 10.4 Å². The van der Waals surface area contributed by atoms with Gasteiger partial charge in [0.05, 0.1) is 0 Å². The molecular formula is C13H21NO. The molecule has 15 heavy (non-hydrogen) atoms. The Morgan fingerprint density at radius 3 is 2.80 bits per heavy atom. The molecule has 0 aliphatic rings. The van der Waals surface area contributed by atoms with Gasteiger partial charge in [-0.2, -0.15) is 0 Å². The van der Waals surface area contributed by atoms with E-state index in [0.717, 1.165) is 12.1 Å². The lowest BCUT2D eigenvalue weighted by Crippen LogP contribution is -2.19. The molecule has 0 spiro atoms. The molecule has 0 amide bonds. The van der Waals surface area contributed by atoms with Gasteiger partial charge in [-0.25, -0.2) is 0 Å². The van der Waals surface area contributed by atoms with Crippen molar-refractivity contribution in [2.45, 2.75) is 39.2 Å². The van der Waals surface area contributed by atoms with Gasteiger partial charge in [0.15, 0.2) is 0 Å². The Bertz CT molecular complexity index is 286. The molecule has 84 valence electrons. The van der Waals surface area contributed by atoms with Gasteiger partial charge in [0.2, 0.25) is 0 Å². The van der Waals surface area contributed by atoms with Gasteiger partial charge in [-0.3, -0.25) is 0 Å². The second-order valence-corrected chi connectivity index (χ2v) is 3.98. The highest BCUT2D eigenvalue weighted by molar-refractivity contribution is 5.28. The largest absolute Gasteiger partial charge is 0.508 e. The molecule has 0 bridgehead atoms. The monoisotopic (exact) mass is 207 g/mol. The third kappa shape index (κ3) is 4.34. The van der Waals surface area contributed by atoms with Crippen LogP contribution in [0.5, 0.6) is 5.75 Å². The van der Waals surface area contributed by atoms with Crippen molar-refractivity contribution in [3.63, 3.8) is 0 Å². The average molecular weight is 207 g/mol. The maximum atomic E-state index is 9.34. The van der Waals surface area contributed by atoms with Gasteiger partial charge in [0.25, 0.3) is 0 Å². The number of phenolic OH excluding ortho intramolecular Hbond substituents is 1. The van der Waals surface area contributed by atoms with Crippen LogP contribution in [0.25, 0.3) is 0 Å². The van der Waals surface area contributed by atoms with E-state index in [-0.39, 0.29) is 0 Å². The second-order valence-electron chi connectivity index (χ2n) is 3.98. The number of benzene rings is 1. The zero-order valence-corrected chi connectivity index (χ0v) is 9.66. The Kier molecular flexibility index (Phi) is 5.19. The van der Waals surface area contributed by atoms with Crippen molar-refractivity contribution in [2.75, 3.05) is 6.54 Å². The summed E-state index contributed by atoms with van der Waals surface area (Å²) in [4.78, 5) is 0. The summed E-state index contributed by atoms with van der Waals surface area (Å²) in [6, 6.07) is 7.76. The summed E-state index contributed by atoms with van der Waals surface area (Å²) in [6.45, 7) is 5.38. The maximum absolute atomic E-state index is 9.34. The fraction of sp³-hybridized carbons (Fsp3) is 0.538. The lowest BCUT2D eigenvalue weighted by molar-refractivity contribution is 0.471. The third-order valence-corrected chi connectivity index (χ3v) is 2.60. The summed E-state index contributed by atoms with van der Waals surface area (Å²) in [5.41, 5.74) is 1.14. The van der Waals surface area contributed by atoms with Crippen molar-refractivity contribution >= 4 is 0 Å². The minimum atomic E-state index is 0.314. The van der Waals surface area contributed by atoms with E-state index in [2.05, 4.69) is 19.2 Å². The van der Waals surface area contributed by atoms with E-state index in [4.69, 9.17) is 0 Å². The predicted molar refractivity (Wildman–Crippen MR) is 64.0 cm³/mol. The molecule has 1 unspecified atom stereocenters. The predicted octanol–water partition coefficient (Wildman–Crippen LogP) is 3.23. The first-order valence-electron chi connectivity index (χ1n) is 5.76. The summed E-state index contributed by atoms with van der Waals surface area (Å²) in [5, 5.41) is 12.8. The van der Waals surface area contributed by atoms with Crippen molar-refractivity contribution in [3.05, 3.63) is 29.8 Å². The van der Waals surface area contributed by atoms with Crippen LogP contribution in [-0.4, -0.2) is 11.7 Å². The van der Waals surface area contributed by atoms with Crippen molar-refractivity contribution in [1.82, 2.24) is 5.32 Å². The smallest absolute Gasteiger partial charge is 0.115 e. The van der Waals surface area contributed by atoms with E-state index in [9.17, 15) is 5.11 Å². The fourth-order valence-electron chi connectivity index (χ4n) is 1.61. The summed E-state index contributed by atoms with van der Waals surface area (Å²) in [7, 11) is 0. The summed E-state index contributed by atoms with van der Waals surface area (Å²) in [5.74, 6) is 0.342. The Labute approximate surface area is 92.3 Å². The van der Waals surface area contributed by atoms with Gasteiger partial charge in [-0.05, 0) is 37.6 Å². The Balaban J connectivity index is 2.36. The van der Waals surface area contributed by atoms with Crippen molar-refractivity contribution < 1.29 is 5.11 Å². The van der Waals surface area contributed by atoms with E-state index in [1.165, 1.54) is 19.3 Å². The van der Waals surface area contributed by atoms with Gasteiger partial charge in [-0.15, -0.1) is 0 Å². The van der Waals surface area contributed by atoms with E-state index in [0.29, 0.717) is 11.8 Å². The standard InChI is InChI=1S/C13H21NO/c1-3-4-5-9-14-11(2)12-7-6-8-13(15)10-12/h6-8,10-11,14-15H,3-5,9H2,1-2H3. The first-order chi connectivity index (χ1) is 7.24. The topological polar surface area (TPSA) is 32.3 Å². The normalized spacial score (nSPS) is 12.7. The van der Waals surface area contributed by atoms with Crippen LogP contribution in [0.2, 0.25) is 0 Å². The van der Waals surface area contributed by atoms with Gasteiger partial charge in [0, 0.05) is 6.04 Å². The molecule has 1 atom stereocenters. The average Bonchev–Trinajstić information content (AvgIpc) is 2.24. The number of hydrogen-bond donors (Lipinski definition) is 2. The third-order valence-electron chi connectivity index (χ3n) is 2.60. The second kappa shape index (κ2) is 6.46. The van der Waals surface area contributed by atoms with E-state index in [1.807, 2.05) is 18.2 Å². The number of phenols is 1. The number of aromatic hydroxyl groups is 1. The minimum absolute atomic E-state index is 0.314. The first-order valence-corrected chi connectivity index (χ1v) is 5.76. The van der Waals surface area contributed by atoms with Crippen LogP contribution in [0, 0.1) is 0 Å². The minimum Gasteiger partial charge on any atom is -0.508 e. The van der Waals surface area contributed by atoms with Crippen LogP contribution in [0.15, 0.2) is 24.3 Å². The quantitative estimate of drug-likeness (QED) is 0.702. The van der Waals surface area contributed by atoms with Crippen LogP contribution < -0.4 is 5.32 Å². The van der Waals surface area contributed by atoms with Crippen LogP contribution >= 0.6 is 0 Å². The molecule has 0 fully saturated rings. The summed E-state index contributed by atoms with van der Waals surface area (Å²) in [6.07, 6.45) is 3.75. The Hall–Kier alpha value is -1.02. The molecule has 1 rings (SSSR count). The lowest BCUT2D eigenvalue weighted by atomic mass is 10.1. The van der Waals surface area contributed by atoms with Crippen LogP contribution in [0.1, 0.15) is 44.7 Å². The van der Waals surface area contributed by atoms with Crippen LogP contribution in [0.3, 0.4) is 0 Å². The molecule has 0 aliphatic heterocycles. The molecule has 2 heteroatoms. The van der Waals surface area contributed by atoms with E-state index >= 15 is 0 Å². The van der Waals surface area contributed by atoms with Crippen molar-refractivity contribution in [1.29, 1.82) is 0 Å². The van der Waals surface area contributed by atoms with Crippen LogP contribution in [0.4, 0.5) is 0 Å². The Morgan fingerprint density at radius 1 is 1.33 bits per heavy atom. The van der Waals surface area contributed by atoms with Crippen molar-refractivity contribution in [3.8, 4) is 5.75 Å². The first kappa shape index (κ1) is 12.1. The summed E-state index contributed by atoms with van der Waals surface area (Å²) < 4.78 is 0. The summed E-state index contributed by atoms with van der Waals surface area (Å²) >= 11 is 0. The van der Waals surface area contributed by atoms with Crippen LogP contribution in [-0.2, 0) is 0 Å². The van der Waals surface area contributed by atoms with E-state index in [1.54, 1.807) is 6.07 Å². The van der Waals surface area contributed by atoms with Crippen molar-refractivity contribution in [2.24, 2.45) is 0 Å². The number of hydrogen-bond acceptors (Lipinski definition) is 2. The molecule has 0 saturated heterocycles. The molecule has 0 saturated carbocycles. The highest BCUT2D eigenvalue weighted by Crippen LogP contribution is 2.17. The molecule has 2 N–H and O–H groups in total. The highest BCUT2D eigenvalue weighted by Gasteiger charge is 2.04. The molecule has 0 aliphatic carbocycles. The molecule has 2 nitrogen and oxygen atoms in total. The molecule has 0 heterocycles. The highest BCUT2D eigenvalue weighted by atomic mass is 16.3. The van der Waals surface area contributed by atoms with E-state index < -0.39 is 0 Å². The van der Waals surface area contributed by atoms with Gasteiger partial charge in [0.1, 0.15) is 5.75 Å². The Morgan fingerprint density at radius 2 is 2.13 bits per heavy atom. The SMILES string of the molecule is CCCCCNC(C)c1cccc(O)c1. The molecule has 0 radical (unpaired) electrons.